The van der Waals surface area contributed by atoms with Crippen molar-refractivity contribution in [2.75, 3.05) is 37.0 Å². The van der Waals surface area contributed by atoms with Gasteiger partial charge in [0.25, 0.3) is 0 Å². The third-order valence-corrected chi connectivity index (χ3v) is 6.48. The van der Waals surface area contributed by atoms with Crippen molar-refractivity contribution in [3.05, 3.63) is 36.4 Å². The molecule has 0 bridgehead atoms. The van der Waals surface area contributed by atoms with Gasteiger partial charge < -0.3 is 25.0 Å². The molecule has 3 aromatic rings. The highest BCUT2D eigenvalue weighted by Gasteiger charge is 2.33. The van der Waals surface area contributed by atoms with Crippen molar-refractivity contribution in [3.63, 3.8) is 0 Å². The van der Waals surface area contributed by atoms with Gasteiger partial charge in [-0.25, -0.2) is 28.9 Å². The fourth-order valence-corrected chi connectivity index (χ4v) is 4.79. The molecule has 2 aliphatic rings. The van der Waals surface area contributed by atoms with Gasteiger partial charge in [-0.2, -0.15) is 0 Å². The van der Waals surface area contributed by atoms with E-state index < -0.39 is 18.0 Å². The number of likely N-dealkylation sites (tertiary alicyclic amines) is 1. The molecule has 0 saturated carbocycles. The fraction of sp³-hybridized carbons (Fsp3) is 0.435. The molecule has 35 heavy (non-hydrogen) atoms. The van der Waals surface area contributed by atoms with Crippen LogP contribution in [-0.2, 0) is 9.53 Å². The van der Waals surface area contributed by atoms with Crippen molar-refractivity contribution in [2.24, 2.45) is 0 Å². The molecule has 2 atom stereocenters. The number of carbonyl (C=O) groups excluding carboxylic acids is 1. The molecule has 2 unspecified atom stereocenters. The lowest BCUT2D eigenvalue weighted by molar-refractivity contribution is -0.141. The first-order valence-corrected chi connectivity index (χ1v) is 11.5. The second kappa shape index (κ2) is 9.35. The molecular weight excluding hydrogens is 457 g/mol. The van der Waals surface area contributed by atoms with E-state index in [1.165, 1.54) is 24.3 Å². The Labute approximate surface area is 200 Å². The molecule has 5 heterocycles. The van der Waals surface area contributed by atoms with Crippen LogP contribution in [0, 0.1) is 5.82 Å². The van der Waals surface area contributed by atoms with Crippen molar-refractivity contribution in [3.8, 4) is 11.5 Å². The molecule has 0 aromatic carbocycles. The number of rotatable bonds is 5. The highest BCUT2D eigenvalue weighted by Crippen LogP contribution is 2.30. The van der Waals surface area contributed by atoms with Crippen LogP contribution >= 0.6 is 0 Å². The van der Waals surface area contributed by atoms with Crippen molar-refractivity contribution in [2.45, 2.75) is 37.8 Å². The maximum Gasteiger partial charge on any atom is 0.407 e. The molecule has 184 valence electrons. The number of anilines is 2. The van der Waals surface area contributed by atoms with E-state index in [1.807, 2.05) is 4.90 Å². The van der Waals surface area contributed by atoms with E-state index in [9.17, 15) is 19.1 Å². The van der Waals surface area contributed by atoms with Gasteiger partial charge in [-0.05, 0) is 37.8 Å². The molecule has 12 heteroatoms. The first-order chi connectivity index (χ1) is 16.9. The number of pyridine rings is 1. The number of carbonyl (C=O) groups is 2. The Morgan fingerprint density at radius 1 is 1.20 bits per heavy atom. The smallest absolute Gasteiger partial charge is 0.407 e. The minimum Gasteiger partial charge on any atom is -0.467 e. The van der Waals surface area contributed by atoms with Crippen molar-refractivity contribution in [1.29, 1.82) is 0 Å². The fourth-order valence-electron chi connectivity index (χ4n) is 4.79. The number of hydrogen-bond acceptors (Lipinski definition) is 8. The van der Waals surface area contributed by atoms with Crippen LogP contribution < -0.4 is 10.2 Å². The zero-order chi connectivity index (χ0) is 24.5. The van der Waals surface area contributed by atoms with Gasteiger partial charge in [0.15, 0.2) is 5.82 Å². The Morgan fingerprint density at radius 3 is 2.83 bits per heavy atom. The average Bonchev–Trinajstić information content (AvgIpc) is 3.51. The zero-order valence-electron chi connectivity index (χ0n) is 19.2. The third kappa shape index (κ3) is 4.55. The highest BCUT2D eigenvalue weighted by molar-refractivity contribution is 5.80. The van der Waals surface area contributed by atoms with Crippen LogP contribution in [0.2, 0.25) is 0 Å². The Kier molecular flexibility index (Phi) is 6.10. The molecule has 2 N–H and O–H groups in total. The quantitative estimate of drug-likeness (QED) is 0.527. The SMILES string of the molecule is COC(=O)C1CCCN1c1cc(NC2CCCN(C(=O)O)C2)nc(-c2cnc3ccc(F)cn23)n1. The Hall–Kier alpha value is -3.96. The van der Waals surface area contributed by atoms with E-state index in [-0.39, 0.29) is 12.0 Å². The third-order valence-electron chi connectivity index (χ3n) is 6.48. The number of ether oxygens (including phenoxy) is 1. The summed E-state index contributed by atoms with van der Waals surface area (Å²) in [6.45, 7) is 1.45. The topological polar surface area (TPSA) is 125 Å². The van der Waals surface area contributed by atoms with Crippen LogP contribution in [0.25, 0.3) is 17.2 Å². The summed E-state index contributed by atoms with van der Waals surface area (Å²) in [5.41, 5.74) is 1.04. The Morgan fingerprint density at radius 2 is 2.03 bits per heavy atom. The first-order valence-electron chi connectivity index (χ1n) is 11.5. The number of nitrogens with zero attached hydrogens (tertiary/aromatic N) is 6. The molecule has 2 fully saturated rings. The Bertz CT molecular complexity index is 1270. The van der Waals surface area contributed by atoms with E-state index >= 15 is 0 Å². The van der Waals surface area contributed by atoms with Crippen LogP contribution in [0.5, 0.6) is 0 Å². The lowest BCUT2D eigenvalue weighted by Crippen LogP contribution is -2.44. The minimum absolute atomic E-state index is 0.134. The standard InChI is InChI=1S/C23H26FN7O4/c1-35-22(32)16-5-3-9-30(16)20-10-18(26-15-4-2-8-29(13-15)23(33)34)27-21(28-20)17-11-25-19-7-6-14(24)12-31(17)19/h6-7,10-12,15-16H,2-5,8-9,13H2,1H3,(H,33,34)(H,26,27,28). The summed E-state index contributed by atoms with van der Waals surface area (Å²) in [5, 5.41) is 12.7. The number of imidazole rings is 1. The van der Waals surface area contributed by atoms with Crippen molar-refractivity contribution >= 4 is 29.3 Å². The number of fused-ring (bicyclic) bond motifs is 1. The number of piperidine rings is 1. The van der Waals surface area contributed by atoms with Gasteiger partial charge >= 0.3 is 12.1 Å². The summed E-state index contributed by atoms with van der Waals surface area (Å²) in [6, 6.07) is 4.06. The van der Waals surface area contributed by atoms with Gasteiger partial charge in [-0.3, -0.25) is 4.40 Å². The zero-order valence-corrected chi connectivity index (χ0v) is 19.2. The largest absolute Gasteiger partial charge is 0.467 e. The van der Waals surface area contributed by atoms with Crippen molar-refractivity contribution < 1.29 is 23.8 Å². The molecule has 2 aliphatic heterocycles. The van der Waals surface area contributed by atoms with Gasteiger partial charge in [0.05, 0.1) is 13.3 Å². The van der Waals surface area contributed by atoms with E-state index in [2.05, 4.69) is 15.3 Å². The van der Waals surface area contributed by atoms with Crippen LogP contribution in [0.15, 0.2) is 30.6 Å². The van der Waals surface area contributed by atoms with E-state index in [4.69, 9.17) is 9.72 Å². The number of amides is 1. The number of hydrogen-bond donors (Lipinski definition) is 2. The van der Waals surface area contributed by atoms with Gasteiger partial charge in [-0.1, -0.05) is 0 Å². The van der Waals surface area contributed by atoms with E-state index in [1.54, 1.807) is 22.7 Å². The molecular formula is C23H26FN7O4. The minimum atomic E-state index is -0.952. The van der Waals surface area contributed by atoms with Crippen LogP contribution in [-0.4, -0.2) is 80.2 Å². The first kappa shape index (κ1) is 22.8. The molecule has 1 amide bonds. The van der Waals surface area contributed by atoms with Crippen LogP contribution in [0.3, 0.4) is 0 Å². The summed E-state index contributed by atoms with van der Waals surface area (Å²) >= 11 is 0. The summed E-state index contributed by atoms with van der Waals surface area (Å²) < 4.78 is 20.6. The molecule has 0 spiro atoms. The van der Waals surface area contributed by atoms with E-state index in [0.29, 0.717) is 54.9 Å². The predicted molar refractivity (Wildman–Crippen MR) is 125 cm³/mol. The molecule has 5 rings (SSSR count). The summed E-state index contributed by atoms with van der Waals surface area (Å²) in [4.78, 5) is 40.8. The average molecular weight is 484 g/mol. The monoisotopic (exact) mass is 483 g/mol. The maximum absolute atomic E-state index is 14.0. The van der Waals surface area contributed by atoms with Crippen LogP contribution in [0.4, 0.5) is 20.8 Å². The molecule has 0 aliphatic carbocycles. The number of carboxylic acid groups (broad SMARTS) is 1. The predicted octanol–water partition coefficient (Wildman–Crippen LogP) is 2.63. The second-order valence-electron chi connectivity index (χ2n) is 8.74. The number of aromatic nitrogens is 4. The molecule has 2 saturated heterocycles. The molecule has 3 aromatic heterocycles. The summed E-state index contributed by atoms with van der Waals surface area (Å²) in [5.74, 6) is 0.572. The number of halogens is 1. The number of esters is 1. The molecule has 11 nitrogen and oxygen atoms in total. The second-order valence-corrected chi connectivity index (χ2v) is 8.74. The highest BCUT2D eigenvalue weighted by atomic mass is 19.1. The maximum atomic E-state index is 14.0. The normalized spacial score (nSPS) is 20.3. The summed E-state index contributed by atoms with van der Waals surface area (Å²) in [7, 11) is 1.36. The van der Waals surface area contributed by atoms with Gasteiger partial charge in [-0.15, -0.1) is 0 Å². The van der Waals surface area contributed by atoms with Crippen LogP contribution in [0.1, 0.15) is 25.7 Å². The summed E-state index contributed by atoms with van der Waals surface area (Å²) in [6.07, 6.45) is 4.91. The lowest BCUT2D eigenvalue weighted by atomic mass is 10.1. The number of methoxy groups -OCH3 is 1. The van der Waals surface area contributed by atoms with Crippen molar-refractivity contribution in [1.82, 2.24) is 24.3 Å². The van der Waals surface area contributed by atoms with Gasteiger partial charge in [0.1, 0.15) is 34.8 Å². The van der Waals surface area contributed by atoms with E-state index in [0.717, 1.165) is 19.3 Å². The van der Waals surface area contributed by atoms with Gasteiger partial charge in [0.2, 0.25) is 0 Å². The Balaban J connectivity index is 1.54. The van der Waals surface area contributed by atoms with Gasteiger partial charge in [0, 0.05) is 37.9 Å². The molecule has 0 radical (unpaired) electrons. The number of nitrogens with one attached hydrogen (secondary N) is 1. The lowest BCUT2D eigenvalue weighted by Gasteiger charge is -2.32.